The molecule has 0 unspecified atom stereocenters. The van der Waals surface area contributed by atoms with Crippen LogP contribution in [0, 0.1) is 5.41 Å². The van der Waals surface area contributed by atoms with E-state index in [9.17, 15) is 4.39 Å². The van der Waals surface area contributed by atoms with Crippen molar-refractivity contribution in [2.45, 2.75) is 27.2 Å². The fourth-order valence-corrected chi connectivity index (χ4v) is 1.38. The minimum absolute atomic E-state index is 0.102. The quantitative estimate of drug-likeness (QED) is 0.661. The molecular weight excluding hydrogens is 167 g/mol. The van der Waals surface area contributed by atoms with Crippen molar-refractivity contribution < 1.29 is 4.39 Å². The van der Waals surface area contributed by atoms with Crippen molar-refractivity contribution in [3.05, 3.63) is 0 Å². The maximum absolute atomic E-state index is 12.2. The number of halogens is 1. The molecule has 80 valence electrons. The standard InChI is InChI=1S/C10H23FN2/c1-4-6-13(7-5-11)9-10(2,3)8-12/h4-9,12H2,1-3H3. The van der Waals surface area contributed by atoms with Crippen molar-refractivity contribution in [2.75, 3.05) is 32.9 Å². The highest BCUT2D eigenvalue weighted by Crippen LogP contribution is 2.14. The van der Waals surface area contributed by atoms with Crippen LogP contribution in [0.3, 0.4) is 0 Å². The molecule has 2 N–H and O–H groups in total. The molecule has 0 atom stereocenters. The molecule has 0 amide bonds. The first kappa shape index (κ1) is 12.8. The van der Waals surface area contributed by atoms with Gasteiger partial charge in [0, 0.05) is 13.1 Å². The van der Waals surface area contributed by atoms with Crippen molar-refractivity contribution in [3.8, 4) is 0 Å². The monoisotopic (exact) mass is 190 g/mol. The molecule has 0 rings (SSSR count). The van der Waals surface area contributed by atoms with E-state index < -0.39 is 0 Å². The van der Waals surface area contributed by atoms with Crippen LogP contribution in [-0.2, 0) is 0 Å². The summed E-state index contributed by atoms with van der Waals surface area (Å²) in [7, 11) is 0. The number of nitrogens with two attached hydrogens (primary N) is 1. The maximum atomic E-state index is 12.2. The Morgan fingerprint density at radius 3 is 2.31 bits per heavy atom. The van der Waals surface area contributed by atoms with Crippen molar-refractivity contribution in [1.29, 1.82) is 0 Å². The maximum Gasteiger partial charge on any atom is 0.102 e. The van der Waals surface area contributed by atoms with Gasteiger partial charge in [-0.05, 0) is 24.9 Å². The SMILES string of the molecule is CCCN(CCF)CC(C)(C)CN. The van der Waals surface area contributed by atoms with Crippen LogP contribution in [0.15, 0.2) is 0 Å². The van der Waals surface area contributed by atoms with Crippen LogP contribution < -0.4 is 5.73 Å². The van der Waals surface area contributed by atoms with Crippen LogP contribution in [0.25, 0.3) is 0 Å². The zero-order valence-corrected chi connectivity index (χ0v) is 9.15. The van der Waals surface area contributed by atoms with Gasteiger partial charge in [-0.25, -0.2) is 4.39 Å². The minimum Gasteiger partial charge on any atom is -0.330 e. The number of rotatable bonds is 7. The first-order valence-electron chi connectivity index (χ1n) is 5.04. The van der Waals surface area contributed by atoms with Gasteiger partial charge < -0.3 is 10.6 Å². The Kier molecular flexibility index (Phi) is 6.25. The fourth-order valence-electron chi connectivity index (χ4n) is 1.38. The van der Waals surface area contributed by atoms with E-state index in [1.165, 1.54) is 0 Å². The highest BCUT2D eigenvalue weighted by Gasteiger charge is 2.19. The second-order valence-electron chi connectivity index (χ2n) is 4.33. The highest BCUT2D eigenvalue weighted by molar-refractivity contribution is 4.74. The van der Waals surface area contributed by atoms with E-state index >= 15 is 0 Å². The molecule has 0 spiro atoms. The third kappa shape index (κ3) is 5.99. The van der Waals surface area contributed by atoms with Crippen LogP contribution in [0.4, 0.5) is 4.39 Å². The Morgan fingerprint density at radius 2 is 1.92 bits per heavy atom. The van der Waals surface area contributed by atoms with Crippen LogP contribution in [0.2, 0.25) is 0 Å². The Hall–Kier alpha value is -0.150. The van der Waals surface area contributed by atoms with Crippen molar-refractivity contribution in [3.63, 3.8) is 0 Å². The molecule has 0 aromatic rings. The molecule has 0 aromatic heterocycles. The molecule has 3 heteroatoms. The minimum atomic E-state index is -0.263. The number of alkyl halides is 1. The predicted octanol–water partition coefficient (Wildman–Crippen LogP) is 1.65. The molecule has 0 aromatic carbocycles. The molecule has 0 saturated carbocycles. The Labute approximate surface area is 81.3 Å². The molecular formula is C10H23FN2. The van der Waals surface area contributed by atoms with Gasteiger partial charge in [-0.3, -0.25) is 0 Å². The Morgan fingerprint density at radius 1 is 1.31 bits per heavy atom. The van der Waals surface area contributed by atoms with Crippen molar-refractivity contribution >= 4 is 0 Å². The van der Waals surface area contributed by atoms with Gasteiger partial charge in [0.25, 0.3) is 0 Å². The van der Waals surface area contributed by atoms with Crippen LogP contribution in [0.1, 0.15) is 27.2 Å². The lowest BCUT2D eigenvalue weighted by atomic mass is 9.93. The molecule has 0 aliphatic rings. The number of nitrogens with zero attached hydrogens (tertiary/aromatic N) is 1. The highest BCUT2D eigenvalue weighted by atomic mass is 19.1. The van der Waals surface area contributed by atoms with Gasteiger partial charge in [0.05, 0.1) is 0 Å². The Bertz CT molecular complexity index is 120. The lowest BCUT2D eigenvalue weighted by Gasteiger charge is -2.30. The van der Waals surface area contributed by atoms with E-state index in [2.05, 4.69) is 25.7 Å². The second-order valence-corrected chi connectivity index (χ2v) is 4.33. The zero-order chi connectivity index (χ0) is 10.3. The average molecular weight is 190 g/mol. The number of hydrogen-bond donors (Lipinski definition) is 1. The summed E-state index contributed by atoms with van der Waals surface area (Å²) in [6, 6.07) is 0. The molecule has 0 heterocycles. The molecule has 0 fully saturated rings. The van der Waals surface area contributed by atoms with E-state index in [4.69, 9.17) is 5.73 Å². The molecule has 0 radical (unpaired) electrons. The van der Waals surface area contributed by atoms with Gasteiger partial charge >= 0.3 is 0 Å². The molecule has 13 heavy (non-hydrogen) atoms. The van der Waals surface area contributed by atoms with E-state index in [0.29, 0.717) is 13.1 Å². The van der Waals surface area contributed by atoms with Gasteiger partial charge in [-0.1, -0.05) is 20.8 Å². The smallest absolute Gasteiger partial charge is 0.102 e. The van der Waals surface area contributed by atoms with Crippen molar-refractivity contribution in [2.24, 2.45) is 11.1 Å². The molecule has 0 bridgehead atoms. The van der Waals surface area contributed by atoms with Crippen molar-refractivity contribution in [1.82, 2.24) is 4.90 Å². The van der Waals surface area contributed by atoms with Crippen LogP contribution in [-0.4, -0.2) is 37.8 Å². The Balaban J connectivity index is 3.92. The average Bonchev–Trinajstić information content (AvgIpc) is 2.05. The van der Waals surface area contributed by atoms with Gasteiger partial charge in [0.2, 0.25) is 0 Å². The van der Waals surface area contributed by atoms with E-state index in [-0.39, 0.29) is 12.1 Å². The lowest BCUT2D eigenvalue weighted by molar-refractivity contribution is 0.171. The summed E-state index contributed by atoms with van der Waals surface area (Å²) in [4.78, 5) is 2.15. The summed E-state index contributed by atoms with van der Waals surface area (Å²) in [5, 5.41) is 0. The third-order valence-corrected chi connectivity index (χ3v) is 2.14. The van der Waals surface area contributed by atoms with Gasteiger partial charge in [-0.2, -0.15) is 0 Å². The second kappa shape index (κ2) is 6.33. The van der Waals surface area contributed by atoms with Gasteiger partial charge in [0.1, 0.15) is 6.67 Å². The fraction of sp³-hybridized carbons (Fsp3) is 1.00. The summed E-state index contributed by atoms with van der Waals surface area (Å²) in [6.07, 6.45) is 1.07. The summed E-state index contributed by atoms with van der Waals surface area (Å²) >= 11 is 0. The summed E-state index contributed by atoms with van der Waals surface area (Å²) in [5.74, 6) is 0. The third-order valence-electron chi connectivity index (χ3n) is 2.14. The van der Waals surface area contributed by atoms with E-state index in [1.807, 2.05) is 0 Å². The topological polar surface area (TPSA) is 29.3 Å². The normalized spacial score (nSPS) is 12.5. The first-order valence-corrected chi connectivity index (χ1v) is 5.04. The van der Waals surface area contributed by atoms with Gasteiger partial charge in [0.15, 0.2) is 0 Å². The van der Waals surface area contributed by atoms with E-state index in [0.717, 1.165) is 19.5 Å². The van der Waals surface area contributed by atoms with E-state index in [1.54, 1.807) is 0 Å². The zero-order valence-electron chi connectivity index (χ0n) is 9.15. The largest absolute Gasteiger partial charge is 0.330 e. The first-order chi connectivity index (χ1) is 6.05. The summed E-state index contributed by atoms with van der Waals surface area (Å²) < 4.78 is 12.2. The van der Waals surface area contributed by atoms with Crippen LogP contribution >= 0.6 is 0 Å². The molecule has 0 saturated heterocycles. The molecule has 0 aliphatic heterocycles. The van der Waals surface area contributed by atoms with Crippen LogP contribution in [0.5, 0.6) is 0 Å². The lowest BCUT2D eigenvalue weighted by Crippen LogP contribution is -2.40. The molecule has 2 nitrogen and oxygen atoms in total. The number of hydrogen-bond acceptors (Lipinski definition) is 2. The summed E-state index contributed by atoms with van der Waals surface area (Å²) in [6.45, 7) is 9.13. The predicted molar refractivity (Wildman–Crippen MR) is 55.5 cm³/mol. The van der Waals surface area contributed by atoms with Gasteiger partial charge in [-0.15, -0.1) is 0 Å². The molecule has 0 aliphatic carbocycles. The summed E-state index contributed by atoms with van der Waals surface area (Å²) in [5.41, 5.74) is 5.73.